The molecule has 0 aromatic carbocycles. The molecule has 2 heterocycles. The van der Waals surface area contributed by atoms with Crippen molar-refractivity contribution in [1.29, 1.82) is 0 Å². The van der Waals surface area contributed by atoms with E-state index in [2.05, 4.69) is 35.9 Å². The van der Waals surface area contributed by atoms with Crippen molar-refractivity contribution in [3.63, 3.8) is 0 Å². The summed E-state index contributed by atoms with van der Waals surface area (Å²) >= 11 is 0. The van der Waals surface area contributed by atoms with E-state index >= 15 is 0 Å². The van der Waals surface area contributed by atoms with E-state index in [4.69, 9.17) is 10.8 Å². The van der Waals surface area contributed by atoms with E-state index in [1.54, 1.807) is 0 Å². The number of nitrogens with one attached hydrogen (secondary N) is 5. The first-order valence-corrected chi connectivity index (χ1v) is 10.8. The Labute approximate surface area is 204 Å². The van der Waals surface area contributed by atoms with Gasteiger partial charge in [0.1, 0.15) is 18.1 Å². The SMILES string of the molecule is NC(CCC(=O)O)C(=O)NC(Cc1cnc[nH]1)C(=O)NC(CO)C(=O)NC(Cc1cnc[nH]1)C(=O)O. The second kappa shape index (κ2) is 13.5. The predicted molar refractivity (Wildman–Crippen MR) is 120 cm³/mol. The summed E-state index contributed by atoms with van der Waals surface area (Å²) in [6, 6.07) is -5.41. The quantitative estimate of drug-likeness (QED) is 0.115. The molecule has 3 amide bonds. The van der Waals surface area contributed by atoms with Gasteiger partial charge >= 0.3 is 11.9 Å². The first kappa shape index (κ1) is 27.9. The molecular weight excluding hydrogens is 480 g/mol. The average molecular weight is 508 g/mol. The van der Waals surface area contributed by atoms with Crippen molar-refractivity contribution < 1.29 is 39.3 Å². The Kier molecular flexibility index (Phi) is 10.5. The van der Waals surface area contributed by atoms with Crippen LogP contribution in [0, 0.1) is 0 Å². The third-order valence-electron chi connectivity index (χ3n) is 5.03. The van der Waals surface area contributed by atoms with E-state index in [9.17, 15) is 34.2 Å². The monoisotopic (exact) mass is 508 g/mol. The maximum Gasteiger partial charge on any atom is 0.326 e. The number of hydrogen-bond acceptors (Lipinski definition) is 9. The van der Waals surface area contributed by atoms with Crippen LogP contribution in [0.25, 0.3) is 0 Å². The van der Waals surface area contributed by atoms with Gasteiger partial charge in [-0.1, -0.05) is 0 Å². The number of carbonyl (C=O) groups excluding carboxylic acids is 3. The highest BCUT2D eigenvalue weighted by atomic mass is 16.4. The number of carbonyl (C=O) groups is 5. The lowest BCUT2D eigenvalue weighted by atomic mass is 10.1. The van der Waals surface area contributed by atoms with Crippen LogP contribution in [0.2, 0.25) is 0 Å². The zero-order valence-corrected chi connectivity index (χ0v) is 19.0. The highest BCUT2D eigenvalue weighted by molar-refractivity contribution is 5.94. The van der Waals surface area contributed by atoms with Crippen molar-refractivity contribution in [2.45, 2.75) is 49.9 Å². The van der Waals surface area contributed by atoms with Crippen LogP contribution >= 0.6 is 0 Å². The molecule has 0 saturated heterocycles. The van der Waals surface area contributed by atoms with Crippen LogP contribution < -0.4 is 21.7 Å². The topological polar surface area (TPSA) is 266 Å². The number of nitrogens with two attached hydrogens (primary N) is 1. The number of aliphatic carboxylic acids is 2. The number of aliphatic hydroxyl groups is 1. The highest BCUT2D eigenvalue weighted by Gasteiger charge is 2.30. The normalized spacial score (nSPS) is 14.2. The Morgan fingerprint density at radius 3 is 1.81 bits per heavy atom. The Morgan fingerprint density at radius 2 is 1.33 bits per heavy atom. The van der Waals surface area contributed by atoms with E-state index < -0.39 is 60.4 Å². The number of aliphatic hydroxyl groups excluding tert-OH is 1. The minimum absolute atomic E-state index is 0.0967. The van der Waals surface area contributed by atoms with E-state index in [1.165, 1.54) is 25.0 Å². The number of H-pyrrole nitrogens is 2. The summed E-state index contributed by atoms with van der Waals surface area (Å²) in [5.41, 5.74) is 6.60. The van der Waals surface area contributed by atoms with Gasteiger partial charge in [-0.05, 0) is 6.42 Å². The zero-order chi connectivity index (χ0) is 26.7. The minimum Gasteiger partial charge on any atom is -0.481 e. The molecule has 0 bridgehead atoms. The predicted octanol–water partition coefficient (Wildman–Crippen LogP) is -3.36. The molecule has 0 aliphatic carbocycles. The van der Waals surface area contributed by atoms with E-state index in [0.717, 1.165) is 0 Å². The number of carboxylic acids is 2. The van der Waals surface area contributed by atoms with Gasteiger partial charge in [0.2, 0.25) is 17.7 Å². The van der Waals surface area contributed by atoms with Crippen molar-refractivity contribution in [1.82, 2.24) is 35.9 Å². The molecule has 4 unspecified atom stereocenters. The van der Waals surface area contributed by atoms with Gasteiger partial charge in [0, 0.05) is 43.0 Å². The lowest BCUT2D eigenvalue weighted by Crippen LogP contribution is -2.58. The summed E-state index contributed by atoms with van der Waals surface area (Å²) in [5, 5.41) is 34.8. The van der Waals surface area contributed by atoms with Crippen molar-refractivity contribution in [2.24, 2.45) is 5.73 Å². The van der Waals surface area contributed by atoms with Crippen LogP contribution in [0.4, 0.5) is 0 Å². The third-order valence-corrected chi connectivity index (χ3v) is 5.03. The van der Waals surface area contributed by atoms with E-state index in [-0.39, 0.29) is 25.7 Å². The first-order chi connectivity index (χ1) is 17.1. The van der Waals surface area contributed by atoms with Gasteiger partial charge in [0.05, 0.1) is 25.3 Å². The molecule has 0 saturated carbocycles. The summed E-state index contributed by atoms with van der Waals surface area (Å²) in [5.74, 6) is -5.14. The van der Waals surface area contributed by atoms with Crippen molar-refractivity contribution in [2.75, 3.05) is 6.61 Å². The van der Waals surface area contributed by atoms with Crippen LogP contribution in [0.5, 0.6) is 0 Å². The fourth-order valence-corrected chi connectivity index (χ4v) is 3.07. The van der Waals surface area contributed by atoms with Gasteiger partial charge in [-0.15, -0.1) is 0 Å². The van der Waals surface area contributed by atoms with Crippen LogP contribution in [-0.2, 0) is 36.8 Å². The Balaban J connectivity index is 2.07. The lowest BCUT2D eigenvalue weighted by molar-refractivity contribution is -0.142. The molecule has 0 fully saturated rings. The fraction of sp³-hybridized carbons (Fsp3) is 0.450. The number of imidazole rings is 2. The number of aromatic amines is 2. The highest BCUT2D eigenvalue weighted by Crippen LogP contribution is 2.04. The summed E-state index contributed by atoms with van der Waals surface area (Å²) in [6.07, 6.45) is 4.73. The van der Waals surface area contributed by atoms with Gasteiger partial charge in [0.25, 0.3) is 0 Å². The number of hydrogen-bond donors (Lipinski definition) is 9. The second-order valence-corrected chi connectivity index (χ2v) is 7.81. The number of nitrogens with zero attached hydrogens (tertiary/aromatic N) is 2. The molecule has 4 atom stereocenters. The van der Waals surface area contributed by atoms with Gasteiger partial charge < -0.3 is 47.0 Å². The number of aromatic nitrogens is 4. The molecule has 10 N–H and O–H groups in total. The molecule has 196 valence electrons. The maximum absolute atomic E-state index is 12.9. The Hall–Kier alpha value is -4.31. The molecule has 16 heteroatoms. The fourth-order valence-electron chi connectivity index (χ4n) is 3.07. The Morgan fingerprint density at radius 1 is 0.833 bits per heavy atom. The molecule has 0 aliphatic rings. The molecule has 0 spiro atoms. The van der Waals surface area contributed by atoms with Gasteiger partial charge in [-0.3, -0.25) is 19.2 Å². The van der Waals surface area contributed by atoms with Gasteiger partial charge in [-0.25, -0.2) is 14.8 Å². The van der Waals surface area contributed by atoms with Crippen LogP contribution in [-0.4, -0.2) is 95.7 Å². The number of amides is 3. The molecule has 16 nitrogen and oxygen atoms in total. The minimum atomic E-state index is -1.54. The van der Waals surface area contributed by atoms with Crippen LogP contribution in [0.15, 0.2) is 25.0 Å². The van der Waals surface area contributed by atoms with E-state index in [1.807, 2.05) is 0 Å². The molecule has 36 heavy (non-hydrogen) atoms. The summed E-state index contributed by atoms with van der Waals surface area (Å²) in [4.78, 5) is 73.3. The van der Waals surface area contributed by atoms with E-state index in [0.29, 0.717) is 11.4 Å². The average Bonchev–Trinajstić information content (AvgIpc) is 3.54. The van der Waals surface area contributed by atoms with Gasteiger partial charge in [0.15, 0.2) is 0 Å². The van der Waals surface area contributed by atoms with Crippen molar-refractivity contribution in [3.8, 4) is 0 Å². The van der Waals surface area contributed by atoms with Crippen LogP contribution in [0.1, 0.15) is 24.2 Å². The standard InChI is InChI=1S/C20H28N8O8/c21-12(1-2-16(30)31)17(32)26-13(3-10-5-22-8-24-10)18(33)28-15(7-29)19(34)27-14(20(35)36)4-11-6-23-9-25-11/h5-6,8-9,12-15,29H,1-4,7,21H2,(H,22,24)(H,23,25)(H,26,32)(H,27,34)(H,28,33)(H,30,31)(H,35,36). The molecule has 2 aromatic rings. The molecule has 2 rings (SSSR count). The van der Waals surface area contributed by atoms with Crippen molar-refractivity contribution >= 4 is 29.7 Å². The van der Waals surface area contributed by atoms with Crippen molar-refractivity contribution in [3.05, 3.63) is 36.4 Å². The number of rotatable bonds is 15. The molecule has 0 radical (unpaired) electrons. The molecule has 2 aromatic heterocycles. The zero-order valence-electron chi connectivity index (χ0n) is 19.0. The van der Waals surface area contributed by atoms with Gasteiger partial charge in [-0.2, -0.15) is 0 Å². The number of carboxylic acid groups (broad SMARTS) is 2. The largest absolute Gasteiger partial charge is 0.481 e. The Bertz CT molecular complexity index is 1030. The van der Waals surface area contributed by atoms with Crippen LogP contribution in [0.3, 0.4) is 0 Å². The maximum atomic E-state index is 12.9. The smallest absolute Gasteiger partial charge is 0.326 e. The summed E-state index contributed by atoms with van der Waals surface area (Å²) in [6.45, 7) is -0.864. The third kappa shape index (κ3) is 8.80. The molecular formula is C20H28N8O8. The second-order valence-electron chi connectivity index (χ2n) is 7.81. The summed E-state index contributed by atoms with van der Waals surface area (Å²) < 4.78 is 0. The summed E-state index contributed by atoms with van der Waals surface area (Å²) in [7, 11) is 0. The lowest BCUT2D eigenvalue weighted by Gasteiger charge is -2.24. The molecule has 0 aliphatic heterocycles. The first-order valence-electron chi connectivity index (χ1n) is 10.8.